The van der Waals surface area contributed by atoms with Crippen LogP contribution >= 0.6 is 11.3 Å². The van der Waals surface area contributed by atoms with E-state index in [4.69, 9.17) is 0 Å². The first-order chi connectivity index (χ1) is 12.7. The topological polar surface area (TPSA) is 107 Å². The summed E-state index contributed by atoms with van der Waals surface area (Å²) in [6.45, 7) is -0.182. The van der Waals surface area contributed by atoms with Crippen LogP contribution in [0.3, 0.4) is 0 Å². The molecule has 10 heteroatoms. The number of amides is 1. The molecule has 1 aliphatic rings. The van der Waals surface area contributed by atoms with Crippen LogP contribution in [0.1, 0.15) is 37.1 Å². The van der Waals surface area contributed by atoms with Gasteiger partial charge in [-0.1, -0.05) is 43.4 Å². The van der Waals surface area contributed by atoms with Gasteiger partial charge in [0.25, 0.3) is 5.56 Å². The normalized spacial score (nSPS) is 15.4. The van der Waals surface area contributed by atoms with E-state index in [0.717, 1.165) is 16.1 Å². The SMILES string of the molecule is O=C(Cn1ncn2nccc2c1=O)Nc1nnc(CC2CCCCC2)s1. The molecule has 0 aromatic carbocycles. The second-order valence-corrected chi connectivity index (χ2v) is 7.57. The van der Waals surface area contributed by atoms with Crippen LogP contribution < -0.4 is 10.9 Å². The Bertz CT molecular complexity index is 970. The van der Waals surface area contributed by atoms with Crippen LogP contribution in [0.2, 0.25) is 0 Å². The van der Waals surface area contributed by atoms with Crippen molar-refractivity contribution < 1.29 is 4.79 Å². The highest BCUT2D eigenvalue weighted by Crippen LogP contribution is 2.28. The van der Waals surface area contributed by atoms with Crippen molar-refractivity contribution in [3.8, 4) is 0 Å². The smallest absolute Gasteiger partial charge is 0.293 e. The van der Waals surface area contributed by atoms with Crippen LogP contribution in [0.25, 0.3) is 5.52 Å². The summed E-state index contributed by atoms with van der Waals surface area (Å²) < 4.78 is 2.48. The Hall–Kier alpha value is -2.62. The molecule has 0 spiro atoms. The van der Waals surface area contributed by atoms with Crippen LogP contribution in [0.15, 0.2) is 23.4 Å². The van der Waals surface area contributed by atoms with Crippen LogP contribution in [0, 0.1) is 5.92 Å². The molecular weight excluding hydrogens is 354 g/mol. The molecule has 1 saturated carbocycles. The van der Waals surface area contributed by atoms with E-state index in [1.807, 2.05) is 0 Å². The molecular formula is C16H19N7O2S. The Morgan fingerprint density at radius 2 is 2.08 bits per heavy atom. The van der Waals surface area contributed by atoms with E-state index in [9.17, 15) is 9.59 Å². The van der Waals surface area contributed by atoms with Gasteiger partial charge >= 0.3 is 0 Å². The third-order valence-corrected chi connectivity index (χ3v) is 5.48. The first kappa shape index (κ1) is 16.8. The lowest BCUT2D eigenvalue weighted by atomic mass is 9.87. The molecule has 9 nitrogen and oxygen atoms in total. The molecule has 1 amide bonds. The number of fused-ring (bicyclic) bond motifs is 1. The van der Waals surface area contributed by atoms with Crippen molar-refractivity contribution in [2.24, 2.45) is 5.92 Å². The monoisotopic (exact) mass is 373 g/mol. The fourth-order valence-electron chi connectivity index (χ4n) is 3.30. The number of rotatable bonds is 5. The molecule has 0 radical (unpaired) electrons. The molecule has 0 atom stereocenters. The van der Waals surface area contributed by atoms with Crippen LogP contribution in [-0.2, 0) is 17.8 Å². The summed E-state index contributed by atoms with van der Waals surface area (Å²) in [5, 5.41) is 20.2. The van der Waals surface area contributed by atoms with E-state index in [1.54, 1.807) is 6.07 Å². The predicted octanol–water partition coefficient (Wildman–Crippen LogP) is 1.50. The first-order valence-corrected chi connectivity index (χ1v) is 9.52. The quantitative estimate of drug-likeness (QED) is 0.726. The predicted molar refractivity (Wildman–Crippen MR) is 96.1 cm³/mol. The molecule has 3 heterocycles. The maximum atomic E-state index is 12.2. The van der Waals surface area contributed by atoms with Gasteiger partial charge in [-0.25, -0.2) is 9.20 Å². The summed E-state index contributed by atoms with van der Waals surface area (Å²) in [7, 11) is 0. The zero-order valence-electron chi connectivity index (χ0n) is 14.2. The average molecular weight is 373 g/mol. The molecule has 0 saturated heterocycles. The fraction of sp³-hybridized carbons (Fsp3) is 0.500. The van der Waals surface area contributed by atoms with Crippen LogP contribution in [-0.4, -0.2) is 35.5 Å². The molecule has 26 heavy (non-hydrogen) atoms. The molecule has 136 valence electrons. The summed E-state index contributed by atoms with van der Waals surface area (Å²) >= 11 is 1.40. The van der Waals surface area contributed by atoms with E-state index in [-0.39, 0.29) is 18.0 Å². The number of carbonyl (C=O) groups excluding carboxylic acids is 1. The lowest BCUT2D eigenvalue weighted by molar-refractivity contribution is -0.117. The molecule has 0 unspecified atom stereocenters. The molecule has 1 N–H and O–H groups in total. The minimum absolute atomic E-state index is 0.182. The van der Waals surface area contributed by atoms with Gasteiger partial charge in [-0.05, 0) is 12.0 Å². The van der Waals surface area contributed by atoms with Crippen molar-refractivity contribution in [1.29, 1.82) is 0 Å². The highest BCUT2D eigenvalue weighted by molar-refractivity contribution is 7.15. The number of nitrogens with one attached hydrogen (secondary N) is 1. The number of hydrogen-bond donors (Lipinski definition) is 1. The maximum Gasteiger partial charge on any atom is 0.293 e. The zero-order valence-corrected chi connectivity index (χ0v) is 15.0. The van der Waals surface area contributed by atoms with E-state index in [1.165, 1.54) is 60.5 Å². The van der Waals surface area contributed by atoms with Gasteiger partial charge in [0, 0.05) is 6.42 Å². The number of nitrogens with zero attached hydrogens (tertiary/aromatic N) is 6. The summed E-state index contributed by atoms with van der Waals surface area (Å²) in [4.78, 5) is 24.5. The third-order valence-electron chi connectivity index (χ3n) is 4.62. The third kappa shape index (κ3) is 3.64. The second kappa shape index (κ2) is 7.32. The van der Waals surface area contributed by atoms with Gasteiger partial charge in [-0.2, -0.15) is 10.2 Å². The van der Waals surface area contributed by atoms with E-state index >= 15 is 0 Å². The van der Waals surface area contributed by atoms with Gasteiger partial charge in [0.15, 0.2) is 0 Å². The molecule has 1 aliphatic carbocycles. The molecule has 0 bridgehead atoms. The van der Waals surface area contributed by atoms with Gasteiger partial charge in [0.1, 0.15) is 23.4 Å². The fourth-order valence-corrected chi connectivity index (χ4v) is 4.17. The molecule has 3 aromatic rings. The minimum Gasteiger partial charge on any atom is -0.299 e. The van der Waals surface area contributed by atoms with Crippen molar-refractivity contribution in [3.63, 3.8) is 0 Å². The molecule has 4 rings (SSSR count). The first-order valence-electron chi connectivity index (χ1n) is 8.71. The number of carbonyl (C=O) groups is 1. The van der Waals surface area contributed by atoms with Crippen molar-refractivity contribution in [2.75, 3.05) is 5.32 Å². The molecule has 3 aromatic heterocycles. The van der Waals surface area contributed by atoms with Gasteiger partial charge < -0.3 is 0 Å². The summed E-state index contributed by atoms with van der Waals surface area (Å²) in [6, 6.07) is 1.58. The Balaban J connectivity index is 1.38. The van der Waals surface area contributed by atoms with Crippen LogP contribution in [0.5, 0.6) is 0 Å². The Morgan fingerprint density at radius 1 is 1.23 bits per heavy atom. The molecule has 0 aliphatic heterocycles. The lowest BCUT2D eigenvalue weighted by Gasteiger charge is -2.19. The van der Waals surface area contributed by atoms with E-state index < -0.39 is 0 Å². The van der Waals surface area contributed by atoms with E-state index in [2.05, 4.69) is 25.7 Å². The van der Waals surface area contributed by atoms with Gasteiger partial charge in [0.05, 0.1) is 6.20 Å². The van der Waals surface area contributed by atoms with Gasteiger partial charge in [-0.3, -0.25) is 14.9 Å². The lowest BCUT2D eigenvalue weighted by Crippen LogP contribution is -2.30. The largest absolute Gasteiger partial charge is 0.299 e. The van der Waals surface area contributed by atoms with Gasteiger partial charge in [-0.15, -0.1) is 10.2 Å². The number of anilines is 1. The van der Waals surface area contributed by atoms with Gasteiger partial charge in [0.2, 0.25) is 11.0 Å². The average Bonchev–Trinajstić information content (AvgIpc) is 3.28. The molecule has 1 fully saturated rings. The number of aromatic nitrogens is 6. The second-order valence-electron chi connectivity index (χ2n) is 6.51. The standard InChI is InChI=1S/C16H19N7O2S/c24-13(9-22-15(25)12-6-7-17-23(12)10-18-22)19-16-21-20-14(26-16)8-11-4-2-1-3-5-11/h6-7,10-11H,1-5,8-9H2,(H,19,21,24). The highest BCUT2D eigenvalue weighted by Gasteiger charge is 2.17. The van der Waals surface area contributed by atoms with Crippen molar-refractivity contribution in [1.82, 2.24) is 29.6 Å². The Kier molecular flexibility index (Phi) is 4.74. The highest BCUT2D eigenvalue weighted by atomic mass is 32.1. The Labute approximate surface area is 153 Å². The van der Waals surface area contributed by atoms with Crippen molar-refractivity contribution in [3.05, 3.63) is 34.0 Å². The van der Waals surface area contributed by atoms with Crippen molar-refractivity contribution in [2.45, 2.75) is 45.1 Å². The minimum atomic E-state index is -0.365. The van der Waals surface area contributed by atoms with Crippen LogP contribution in [0.4, 0.5) is 5.13 Å². The zero-order chi connectivity index (χ0) is 17.9. The summed E-state index contributed by atoms with van der Waals surface area (Å²) in [5.41, 5.74) is 0.00823. The van der Waals surface area contributed by atoms with Crippen molar-refractivity contribution >= 4 is 27.9 Å². The Morgan fingerprint density at radius 3 is 2.92 bits per heavy atom. The maximum absolute atomic E-state index is 12.2. The van der Waals surface area contributed by atoms with E-state index in [0.29, 0.717) is 16.6 Å². The summed E-state index contributed by atoms with van der Waals surface area (Å²) in [5.74, 6) is 0.314. The number of hydrogen-bond acceptors (Lipinski definition) is 7. The summed E-state index contributed by atoms with van der Waals surface area (Å²) in [6.07, 6.45) is 10.2.